The Morgan fingerprint density at radius 2 is 2.43 bits per heavy atom. The first-order chi connectivity index (χ1) is 6.68. The molecule has 0 saturated heterocycles. The molecule has 1 aromatic rings. The van der Waals surface area contributed by atoms with Crippen LogP contribution in [0.4, 0.5) is 0 Å². The molecular formula is C9H16N4O. The number of nitrogens with zero attached hydrogens (tertiary/aromatic N) is 1. The van der Waals surface area contributed by atoms with Crippen molar-refractivity contribution in [1.29, 1.82) is 0 Å². The lowest BCUT2D eigenvalue weighted by molar-refractivity contribution is -0.120. The molecule has 3 N–H and O–H groups in total. The Morgan fingerprint density at radius 3 is 3.00 bits per heavy atom. The Morgan fingerprint density at radius 1 is 1.64 bits per heavy atom. The highest BCUT2D eigenvalue weighted by molar-refractivity contribution is 5.77. The second kappa shape index (κ2) is 5.39. The number of aromatic amines is 1. The molecule has 78 valence electrons. The Labute approximate surface area is 83.3 Å². The van der Waals surface area contributed by atoms with Crippen LogP contribution in [0.1, 0.15) is 19.5 Å². The SMILES string of the molecule is CC(C)NCC(=O)NCc1ccn[nH]1. The highest BCUT2D eigenvalue weighted by Crippen LogP contribution is 1.89. The molecule has 0 atom stereocenters. The molecule has 0 radical (unpaired) electrons. The largest absolute Gasteiger partial charge is 0.349 e. The van der Waals surface area contributed by atoms with Crippen molar-refractivity contribution in [3.05, 3.63) is 18.0 Å². The summed E-state index contributed by atoms with van der Waals surface area (Å²) in [5, 5.41) is 12.4. The molecule has 0 spiro atoms. The molecule has 0 aliphatic rings. The van der Waals surface area contributed by atoms with Crippen LogP contribution in [0.15, 0.2) is 12.3 Å². The molecule has 1 amide bonds. The van der Waals surface area contributed by atoms with Gasteiger partial charge in [0.2, 0.25) is 5.91 Å². The van der Waals surface area contributed by atoms with Gasteiger partial charge >= 0.3 is 0 Å². The zero-order chi connectivity index (χ0) is 10.4. The Kier molecular flexibility index (Phi) is 4.12. The maximum Gasteiger partial charge on any atom is 0.234 e. The number of amides is 1. The van der Waals surface area contributed by atoms with E-state index in [9.17, 15) is 4.79 Å². The summed E-state index contributed by atoms with van der Waals surface area (Å²) >= 11 is 0. The van der Waals surface area contributed by atoms with Gasteiger partial charge in [0.05, 0.1) is 18.8 Å². The number of hydrogen-bond donors (Lipinski definition) is 3. The molecule has 5 nitrogen and oxygen atoms in total. The van der Waals surface area contributed by atoms with Gasteiger partial charge in [-0.25, -0.2) is 0 Å². The molecule has 0 fully saturated rings. The van der Waals surface area contributed by atoms with Crippen LogP contribution < -0.4 is 10.6 Å². The van der Waals surface area contributed by atoms with Gasteiger partial charge in [-0.05, 0) is 6.07 Å². The number of carbonyl (C=O) groups is 1. The number of nitrogens with one attached hydrogen (secondary N) is 3. The maximum atomic E-state index is 11.2. The normalized spacial score (nSPS) is 10.5. The van der Waals surface area contributed by atoms with E-state index in [0.717, 1.165) is 5.69 Å². The van der Waals surface area contributed by atoms with E-state index in [-0.39, 0.29) is 5.91 Å². The molecule has 0 unspecified atom stereocenters. The minimum atomic E-state index is -0.00620. The molecule has 5 heteroatoms. The predicted molar refractivity (Wildman–Crippen MR) is 53.6 cm³/mol. The molecule has 0 aliphatic carbocycles. The third kappa shape index (κ3) is 4.04. The van der Waals surface area contributed by atoms with Gasteiger partial charge in [-0.15, -0.1) is 0 Å². The minimum absolute atomic E-state index is 0.00620. The van der Waals surface area contributed by atoms with E-state index in [4.69, 9.17) is 0 Å². The Balaban J connectivity index is 2.15. The van der Waals surface area contributed by atoms with E-state index in [1.807, 2.05) is 19.9 Å². The van der Waals surface area contributed by atoms with Crippen LogP contribution in [0.25, 0.3) is 0 Å². The number of rotatable bonds is 5. The summed E-state index contributed by atoms with van der Waals surface area (Å²) in [6.45, 7) is 4.86. The molecule has 1 aromatic heterocycles. The fourth-order valence-electron chi connectivity index (χ4n) is 0.936. The first-order valence-electron chi connectivity index (χ1n) is 4.67. The topological polar surface area (TPSA) is 69.8 Å². The lowest BCUT2D eigenvalue weighted by Gasteiger charge is -2.07. The van der Waals surface area contributed by atoms with Gasteiger partial charge in [0.15, 0.2) is 0 Å². The zero-order valence-electron chi connectivity index (χ0n) is 8.50. The third-order valence-electron chi connectivity index (χ3n) is 1.71. The van der Waals surface area contributed by atoms with Crippen molar-refractivity contribution in [2.24, 2.45) is 0 Å². The summed E-state index contributed by atoms with van der Waals surface area (Å²) < 4.78 is 0. The van der Waals surface area contributed by atoms with Crippen LogP contribution in [0, 0.1) is 0 Å². The minimum Gasteiger partial charge on any atom is -0.349 e. The molecule has 14 heavy (non-hydrogen) atoms. The maximum absolute atomic E-state index is 11.2. The lowest BCUT2D eigenvalue weighted by atomic mass is 10.4. The first kappa shape index (κ1) is 10.7. The fourth-order valence-corrected chi connectivity index (χ4v) is 0.936. The van der Waals surface area contributed by atoms with E-state index in [1.54, 1.807) is 6.20 Å². The molecule has 0 bridgehead atoms. The highest BCUT2D eigenvalue weighted by Gasteiger charge is 2.01. The van der Waals surface area contributed by atoms with Crippen LogP contribution >= 0.6 is 0 Å². The van der Waals surface area contributed by atoms with Gasteiger partial charge < -0.3 is 10.6 Å². The van der Waals surface area contributed by atoms with Crippen molar-refractivity contribution < 1.29 is 4.79 Å². The third-order valence-corrected chi connectivity index (χ3v) is 1.71. The van der Waals surface area contributed by atoms with Crippen molar-refractivity contribution in [3.8, 4) is 0 Å². The first-order valence-corrected chi connectivity index (χ1v) is 4.67. The van der Waals surface area contributed by atoms with Crippen molar-refractivity contribution in [3.63, 3.8) is 0 Å². The van der Waals surface area contributed by atoms with Crippen molar-refractivity contribution >= 4 is 5.91 Å². The van der Waals surface area contributed by atoms with Gasteiger partial charge in [-0.2, -0.15) is 5.10 Å². The second-order valence-electron chi connectivity index (χ2n) is 3.39. The molecule has 0 aromatic carbocycles. The predicted octanol–water partition coefficient (Wildman–Crippen LogP) is 0.0239. The smallest absolute Gasteiger partial charge is 0.234 e. The van der Waals surface area contributed by atoms with Crippen LogP contribution in [-0.2, 0) is 11.3 Å². The van der Waals surface area contributed by atoms with Crippen LogP contribution in [-0.4, -0.2) is 28.7 Å². The summed E-state index contributed by atoms with van der Waals surface area (Å²) in [5.41, 5.74) is 0.905. The van der Waals surface area contributed by atoms with Crippen LogP contribution in [0.5, 0.6) is 0 Å². The Hall–Kier alpha value is -1.36. The molecular weight excluding hydrogens is 180 g/mol. The molecule has 0 saturated carbocycles. The molecule has 1 heterocycles. The summed E-state index contributed by atoms with van der Waals surface area (Å²) in [6.07, 6.45) is 1.66. The highest BCUT2D eigenvalue weighted by atomic mass is 16.1. The number of H-pyrrole nitrogens is 1. The van der Waals surface area contributed by atoms with E-state index >= 15 is 0 Å². The quantitative estimate of drug-likeness (QED) is 0.622. The van der Waals surface area contributed by atoms with Gasteiger partial charge in [0.25, 0.3) is 0 Å². The molecule has 0 aliphatic heterocycles. The van der Waals surface area contributed by atoms with Crippen molar-refractivity contribution in [2.75, 3.05) is 6.54 Å². The number of aromatic nitrogens is 2. The second-order valence-corrected chi connectivity index (χ2v) is 3.39. The standard InChI is InChI=1S/C9H16N4O/c1-7(2)10-6-9(14)11-5-8-3-4-12-13-8/h3-4,7,10H,5-6H2,1-2H3,(H,11,14)(H,12,13). The zero-order valence-corrected chi connectivity index (χ0v) is 8.50. The van der Waals surface area contributed by atoms with Gasteiger partial charge in [0, 0.05) is 12.2 Å². The Bertz CT molecular complexity index is 268. The average Bonchev–Trinajstić information content (AvgIpc) is 2.63. The summed E-state index contributed by atoms with van der Waals surface area (Å²) in [4.78, 5) is 11.2. The van der Waals surface area contributed by atoms with Crippen LogP contribution in [0.3, 0.4) is 0 Å². The van der Waals surface area contributed by atoms with Crippen LogP contribution in [0.2, 0.25) is 0 Å². The van der Waals surface area contributed by atoms with E-state index in [2.05, 4.69) is 20.8 Å². The monoisotopic (exact) mass is 196 g/mol. The van der Waals surface area contributed by atoms with E-state index in [0.29, 0.717) is 19.1 Å². The van der Waals surface area contributed by atoms with Gasteiger partial charge in [0.1, 0.15) is 0 Å². The number of carbonyl (C=O) groups excluding carboxylic acids is 1. The summed E-state index contributed by atoms with van der Waals surface area (Å²) in [7, 11) is 0. The number of hydrogen-bond acceptors (Lipinski definition) is 3. The summed E-state index contributed by atoms with van der Waals surface area (Å²) in [5.74, 6) is -0.00620. The fraction of sp³-hybridized carbons (Fsp3) is 0.556. The van der Waals surface area contributed by atoms with Gasteiger partial charge in [-0.1, -0.05) is 13.8 Å². The lowest BCUT2D eigenvalue weighted by Crippen LogP contribution is -2.36. The van der Waals surface area contributed by atoms with Gasteiger partial charge in [-0.3, -0.25) is 9.89 Å². The van der Waals surface area contributed by atoms with Crippen molar-refractivity contribution in [2.45, 2.75) is 26.4 Å². The molecule has 1 rings (SSSR count). The van der Waals surface area contributed by atoms with E-state index in [1.165, 1.54) is 0 Å². The van der Waals surface area contributed by atoms with E-state index < -0.39 is 0 Å². The van der Waals surface area contributed by atoms with Crippen molar-refractivity contribution in [1.82, 2.24) is 20.8 Å². The summed E-state index contributed by atoms with van der Waals surface area (Å²) in [6, 6.07) is 2.16. The average molecular weight is 196 g/mol.